The molecule has 1 aromatic carbocycles. The Morgan fingerprint density at radius 2 is 1.68 bits per heavy atom. The second kappa shape index (κ2) is 5.17. The molecule has 0 aliphatic heterocycles. The Morgan fingerprint density at radius 1 is 1.16 bits per heavy atom. The Hall–Kier alpha value is -1.61. The van der Waals surface area contributed by atoms with Gasteiger partial charge in [0.05, 0.1) is 12.7 Å². The van der Waals surface area contributed by atoms with Gasteiger partial charge in [0.25, 0.3) is 0 Å². The molecule has 1 aromatic rings. The number of halogens is 3. The highest BCUT2D eigenvalue weighted by Crippen LogP contribution is 2.25. The third-order valence-electron chi connectivity index (χ3n) is 2.28. The van der Waals surface area contributed by atoms with Crippen LogP contribution in [0.2, 0.25) is 0 Å². The van der Waals surface area contributed by atoms with E-state index >= 15 is 0 Å². The first-order chi connectivity index (χ1) is 8.64. The molecule has 0 saturated carbocycles. The fraction of sp³-hybridized carbons (Fsp3) is 0.300. The number of methoxy groups -OCH3 is 1. The molecule has 19 heavy (non-hydrogen) atoms. The van der Waals surface area contributed by atoms with Crippen LogP contribution in [-0.2, 0) is 14.8 Å². The maximum atomic E-state index is 13.5. The summed E-state index contributed by atoms with van der Waals surface area (Å²) in [5.41, 5.74) is -0.998. The molecule has 0 radical (unpaired) electrons. The quantitative estimate of drug-likeness (QED) is 0.620. The summed E-state index contributed by atoms with van der Waals surface area (Å²) in [4.78, 5) is 10.0. The summed E-state index contributed by atoms with van der Waals surface area (Å²) in [6.45, 7) is 0. The predicted octanol–water partition coefficient (Wildman–Crippen LogP) is 1.14. The van der Waals surface area contributed by atoms with Crippen LogP contribution in [-0.4, -0.2) is 39.9 Å². The molecule has 0 saturated heterocycles. The lowest BCUT2D eigenvalue weighted by atomic mass is 10.2. The smallest absolute Gasteiger partial charge is 0.341 e. The number of ether oxygens (including phenoxy) is 1. The van der Waals surface area contributed by atoms with Gasteiger partial charge in [0.15, 0.2) is 17.5 Å². The van der Waals surface area contributed by atoms with Gasteiger partial charge in [-0.15, -0.1) is 0 Å². The predicted molar refractivity (Wildman–Crippen MR) is 58.5 cm³/mol. The Morgan fingerprint density at radius 3 is 2.11 bits per heavy atom. The van der Waals surface area contributed by atoms with Crippen LogP contribution in [0.4, 0.5) is 13.2 Å². The minimum absolute atomic E-state index is 0.398. The largest absolute Gasteiger partial charge is 0.465 e. The first-order valence-electron chi connectivity index (χ1n) is 4.83. The molecule has 0 atom stereocenters. The van der Waals surface area contributed by atoms with Crippen LogP contribution >= 0.6 is 0 Å². The van der Waals surface area contributed by atoms with Gasteiger partial charge in [0, 0.05) is 14.1 Å². The third-order valence-corrected chi connectivity index (χ3v) is 4.09. The molecule has 0 unspecified atom stereocenters. The normalized spacial score (nSPS) is 11.7. The molecule has 1 rings (SSSR count). The Bertz CT molecular complexity index is 628. The van der Waals surface area contributed by atoms with E-state index in [0.29, 0.717) is 10.4 Å². The van der Waals surface area contributed by atoms with Gasteiger partial charge in [-0.25, -0.2) is 30.7 Å². The number of carbonyl (C=O) groups is 1. The van der Waals surface area contributed by atoms with Gasteiger partial charge in [-0.3, -0.25) is 0 Å². The SMILES string of the molecule is COC(=O)c1cc(S(=O)(=O)N(C)C)c(F)c(F)c1F. The van der Waals surface area contributed by atoms with Crippen LogP contribution < -0.4 is 0 Å². The summed E-state index contributed by atoms with van der Waals surface area (Å²) < 4.78 is 68.4. The van der Waals surface area contributed by atoms with Crippen molar-refractivity contribution < 1.29 is 31.1 Å². The zero-order chi connectivity index (χ0) is 15.0. The lowest BCUT2D eigenvalue weighted by molar-refractivity contribution is 0.0593. The Balaban J connectivity index is 3.70. The first-order valence-corrected chi connectivity index (χ1v) is 6.27. The number of nitrogens with zero attached hydrogens (tertiary/aromatic N) is 1. The highest BCUT2D eigenvalue weighted by molar-refractivity contribution is 7.89. The molecule has 0 aromatic heterocycles. The minimum Gasteiger partial charge on any atom is -0.465 e. The van der Waals surface area contributed by atoms with E-state index in [1.807, 2.05) is 0 Å². The van der Waals surface area contributed by atoms with E-state index in [1.54, 1.807) is 0 Å². The molecular formula is C10H10F3NO4S. The van der Waals surface area contributed by atoms with Crippen LogP contribution in [0.3, 0.4) is 0 Å². The molecule has 0 aliphatic rings. The number of rotatable bonds is 3. The van der Waals surface area contributed by atoms with Crippen molar-refractivity contribution in [1.82, 2.24) is 4.31 Å². The van der Waals surface area contributed by atoms with Crippen LogP contribution in [0, 0.1) is 17.5 Å². The number of benzene rings is 1. The van der Waals surface area contributed by atoms with E-state index in [0.717, 1.165) is 21.2 Å². The molecule has 5 nitrogen and oxygen atoms in total. The number of sulfonamides is 1. The summed E-state index contributed by atoms with van der Waals surface area (Å²) in [6.07, 6.45) is 0. The summed E-state index contributed by atoms with van der Waals surface area (Å²) in [5, 5.41) is 0. The second-order valence-corrected chi connectivity index (χ2v) is 5.76. The average Bonchev–Trinajstić information content (AvgIpc) is 2.34. The van der Waals surface area contributed by atoms with Gasteiger partial charge in [-0.05, 0) is 6.07 Å². The highest BCUT2D eigenvalue weighted by atomic mass is 32.2. The molecular weight excluding hydrogens is 287 g/mol. The molecule has 0 bridgehead atoms. The van der Waals surface area contributed by atoms with E-state index in [1.165, 1.54) is 0 Å². The van der Waals surface area contributed by atoms with Crippen molar-refractivity contribution in [2.75, 3.05) is 21.2 Å². The zero-order valence-electron chi connectivity index (χ0n) is 10.2. The maximum Gasteiger partial charge on any atom is 0.341 e. The van der Waals surface area contributed by atoms with Crippen molar-refractivity contribution in [3.63, 3.8) is 0 Å². The van der Waals surface area contributed by atoms with Crippen LogP contribution in [0.1, 0.15) is 10.4 Å². The van der Waals surface area contributed by atoms with Crippen LogP contribution in [0.25, 0.3) is 0 Å². The van der Waals surface area contributed by atoms with E-state index in [-0.39, 0.29) is 0 Å². The topological polar surface area (TPSA) is 63.7 Å². The Kier molecular flexibility index (Phi) is 4.21. The summed E-state index contributed by atoms with van der Waals surface area (Å²) >= 11 is 0. The molecule has 9 heteroatoms. The monoisotopic (exact) mass is 297 g/mol. The van der Waals surface area contributed by atoms with Crippen LogP contribution in [0.15, 0.2) is 11.0 Å². The van der Waals surface area contributed by atoms with Crippen molar-refractivity contribution in [2.24, 2.45) is 0 Å². The molecule has 0 heterocycles. The van der Waals surface area contributed by atoms with Gasteiger partial charge in [-0.2, -0.15) is 0 Å². The van der Waals surface area contributed by atoms with Gasteiger partial charge < -0.3 is 4.74 Å². The van der Waals surface area contributed by atoms with Gasteiger partial charge in [0.2, 0.25) is 10.0 Å². The second-order valence-electron chi connectivity index (χ2n) is 3.64. The molecule has 0 spiro atoms. The van der Waals surface area contributed by atoms with E-state index in [2.05, 4.69) is 4.74 Å². The van der Waals surface area contributed by atoms with E-state index in [4.69, 9.17) is 0 Å². The lowest BCUT2D eigenvalue weighted by Gasteiger charge is -2.13. The van der Waals surface area contributed by atoms with Gasteiger partial charge in [0.1, 0.15) is 4.90 Å². The number of hydrogen-bond acceptors (Lipinski definition) is 4. The summed E-state index contributed by atoms with van der Waals surface area (Å²) in [6, 6.07) is 0.398. The molecule has 0 aliphatic carbocycles. The fourth-order valence-corrected chi connectivity index (χ4v) is 2.20. The van der Waals surface area contributed by atoms with E-state index in [9.17, 15) is 26.4 Å². The first kappa shape index (κ1) is 15.4. The van der Waals surface area contributed by atoms with Crippen molar-refractivity contribution >= 4 is 16.0 Å². The number of carbonyl (C=O) groups excluding carboxylic acids is 1. The molecule has 106 valence electrons. The van der Waals surface area contributed by atoms with Crippen molar-refractivity contribution in [2.45, 2.75) is 4.90 Å². The van der Waals surface area contributed by atoms with Crippen molar-refractivity contribution in [3.8, 4) is 0 Å². The molecule has 0 fully saturated rings. The molecule has 0 amide bonds. The van der Waals surface area contributed by atoms with Crippen LogP contribution in [0.5, 0.6) is 0 Å². The maximum absolute atomic E-state index is 13.5. The zero-order valence-corrected chi connectivity index (χ0v) is 11.0. The standard InChI is InChI=1S/C10H10F3NO4S/c1-14(2)19(16,17)6-4-5(10(15)18-3)7(11)9(13)8(6)12/h4H,1-3H3. The van der Waals surface area contributed by atoms with Gasteiger partial charge >= 0.3 is 5.97 Å². The van der Waals surface area contributed by atoms with Crippen molar-refractivity contribution in [1.29, 1.82) is 0 Å². The summed E-state index contributed by atoms with van der Waals surface area (Å²) in [7, 11) is -1.32. The average molecular weight is 297 g/mol. The van der Waals surface area contributed by atoms with Crippen molar-refractivity contribution in [3.05, 3.63) is 29.1 Å². The summed E-state index contributed by atoms with van der Waals surface area (Å²) in [5.74, 6) is -7.06. The lowest BCUT2D eigenvalue weighted by Crippen LogP contribution is -2.24. The Labute approximate surface area is 107 Å². The number of esters is 1. The van der Waals surface area contributed by atoms with Gasteiger partial charge in [-0.1, -0.05) is 0 Å². The molecule has 0 N–H and O–H groups in total. The number of hydrogen-bond donors (Lipinski definition) is 0. The third kappa shape index (κ3) is 2.56. The van der Waals surface area contributed by atoms with E-state index < -0.39 is 43.9 Å². The minimum atomic E-state index is -4.37. The fourth-order valence-electron chi connectivity index (χ4n) is 1.22. The highest BCUT2D eigenvalue weighted by Gasteiger charge is 2.30.